The number of aliphatic hydroxyl groups is 1. The second-order valence-corrected chi connectivity index (χ2v) is 8.16. The molecule has 7 heteroatoms. The second kappa shape index (κ2) is 5.95. The topological polar surface area (TPSA) is 51.2 Å². The van der Waals surface area contributed by atoms with Crippen molar-refractivity contribution in [3.05, 3.63) is 0 Å². The first-order valence-electron chi connectivity index (χ1n) is 6.62. The van der Waals surface area contributed by atoms with Gasteiger partial charge >= 0.3 is 8.80 Å². The fourth-order valence-electron chi connectivity index (χ4n) is 2.46. The first-order chi connectivity index (χ1) is 8.55. The molecule has 0 saturated carbocycles. The van der Waals surface area contributed by atoms with Gasteiger partial charge in [0, 0.05) is 19.6 Å². The average molecular weight is 277 g/mol. The summed E-state index contributed by atoms with van der Waals surface area (Å²) in [6, 6.07) is 0. The van der Waals surface area contributed by atoms with Gasteiger partial charge in [0.05, 0.1) is 40.5 Å². The van der Waals surface area contributed by atoms with Gasteiger partial charge in [0.25, 0.3) is 0 Å². The van der Waals surface area contributed by atoms with Gasteiger partial charge < -0.3 is 22.9 Å². The van der Waals surface area contributed by atoms with Crippen LogP contribution in [0.15, 0.2) is 0 Å². The number of aliphatic hydroxyl groups excluding tert-OH is 1. The molecule has 0 amide bonds. The van der Waals surface area contributed by atoms with Crippen LogP contribution in [0, 0.1) is 0 Å². The first kappa shape index (κ1) is 14.4. The van der Waals surface area contributed by atoms with Crippen LogP contribution in [0.5, 0.6) is 0 Å². The predicted octanol–water partition coefficient (Wildman–Crippen LogP) is -1.09. The predicted molar refractivity (Wildman–Crippen MR) is 69.0 cm³/mol. The summed E-state index contributed by atoms with van der Waals surface area (Å²) in [5.74, 6) is 0. The van der Waals surface area contributed by atoms with Crippen LogP contribution >= 0.6 is 0 Å². The summed E-state index contributed by atoms with van der Waals surface area (Å²) in [7, 11) is 1.60. The van der Waals surface area contributed by atoms with Crippen molar-refractivity contribution < 1.29 is 22.9 Å². The minimum atomic E-state index is -2.57. The molecule has 3 saturated heterocycles. The van der Waals surface area contributed by atoms with Crippen LogP contribution in [0.25, 0.3) is 0 Å². The van der Waals surface area contributed by atoms with Gasteiger partial charge in [-0.1, -0.05) is 0 Å². The van der Waals surface area contributed by atoms with E-state index in [1.165, 1.54) is 0 Å². The molecule has 0 radical (unpaired) electrons. The summed E-state index contributed by atoms with van der Waals surface area (Å²) < 4.78 is 18.6. The van der Waals surface area contributed by atoms with E-state index >= 15 is 0 Å². The van der Waals surface area contributed by atoms with Gasteiger partial charge in [0.1, 0.15) is 12.7 Å². The van der Waals surface area contributed by atoms with Crippen molar-refractivity contribution in [2.75, 3.05) is 72.9 Å². The van der Waals surface area contributed by atoms with Crippen LogP contribution in [-0.4, -0.2) is 96.2 Å². The number of nitrogens with zero attached hydrogens (tertiary/aromatic N) is 2. The third-order valence-corrected chi connectivity index (χ3v) is 6.69. The fraction of sp³-hybridized carbons (Fsp3) is 1.00. The monoisotopic (exact) mass is 277 g/mol. The van der Waals surface area contributed by atoms with Crippen molar-refractivity contribution >= 4 is 8.80 Å². The van der Waals surface area contributed by atoms with E-state index in [4.69, 9.17) is 18.4 Å². The molecular formula is C11H25N2O4Si+. The minimum Gasteiger partial charge on any atom is -0.391 e. The van der Waals surface area contributed by atoms with E-state index in [0.717, 1.165) is 25.8 Å². The molecule has 1 N–H and O–H groups in total. The normalized spacial score (nSPS) is 33.8. The van der Waals surface area contributed by atoms with Crippen LogP contribution in [0.3, 0.4) is 0 Å². The maximum Gasteiger partial charge on any atom is 0.559 e. The zero-order valence-electron chi connectivity index (χ0n) is 11.4. The maximum atomic E-state index is 9.12. The Labute approximate surface area is 110 Å². The maximum absolute atomic E-state index is 9.12. The Kier molecular flexibility index (Phi) is 4.76. The number of quaternary nitrogens is 1. The van der Waals surface area contributed by atoms with Crippen LogP contribution in [0.1, 0.15) is 0 Å². The molecule has 0 aromatic carbocycles. The largest absolute Gasteiger partial charge is 0.559 e. The van der Waals surface area contributed by atoms with Gasteiger partial charge in [-0.2, -0.15) is 0 Å². The summed E-state index contributed by atoms with van der Waals surface area (Å²) in [5, 5.41) is 9.12. The Bertz CT molecular complexity index is 251. The summed E-state index contributed by atoms with van der Waals surface area (Å²) >= 11 is 0. The Balaban J connectivity index is 2.05. The quantitative estimate of drug-likeness (QED) is 0.523. The van der Waals surface area contributed by atoms with E-state index in [1.807, 2.05) is 0 Å². The molecule has 3 fully saturated rings. The van der Waals surface area contributed by atoms with Crippen LogP contribution in [0.4, 0.5) is 0 Å². The number of hydrogen-bond donors (Lipinski definition) is 1. The highest BCUT2D eigenvalue weighted by atomic mass is 28.4. The molecule has 0 spiro atoms. The molecule has 3 rings (SSSR count). The molecule has 106 valence electrons. The molecule has 0 aromatic rings. The number of fused-ring (bicyclic) bond motifs is 6. The fourth-order valence-corrected chi connectivity index (χ4v) is 5.40. The molecule has 2 bridgehead atoms. The lowest BCUT2D eigenvalue weighted by molar-refractivity contribution is -0.883. The highest BCUT2D eigenvalue weighted by Crippen LogP contribution is 2.19. The highest BCUT2D eigenvalue weighted by Gasteiger charge is 2.49. The van der Waals surface area contributed by atoms with E-state index in [-0.39, 0.29) is 6.61 Å². The van der Waals surface area contributed by atoms with Gasteiger partial charge in [-0.05, 0) is 0 Å². The van der Waals surface area contributed by atoms with Crippen LogP contribution < -0.4 is 0 Å². The van der Waals surface area contributed by atoms with E-state index in [0.29, 0.717) is 30.8 Å². The third-order valence-electron chi connectivity index (χ3n) is 3.52. The van der Waals surface area contributed by atoms with Crippen LogP contribution in [-0.2, 0) is 13.3 Å². The summed E-state index contributed by atoms with van der Waals surface area (Å²) in [6.45, 7) is 5.82. The highest BCUT2D eigenvalue weighted by molar-refractivity contribution is 6.60. The summed E-state index contributed by atoms with van der Waals surface area (Å²) in [4.78, 5) is 2.31. The SMILES string of the molecule is C[N+](C)(CCO)C[Si]12OCCN(CCO1)CCO2. The molecule has 3 aliphatic rings. The first-order valence-corrected chi connectivity index (χ1v) is 8.56. The molecular weight excluding hydrogens is 252 g/mol. The Morgan fingerprint density at radius 1 is 1.06 bits per heavy atom. The molecule has 0 atom stereocenters. The third kappa shape index (κ3) is 3.73. The zero-order valence-corrected chi connectivity index (χ0v) is 12.4. The van der Waals surface area contributed by atoms with Gasteiger partial charge in [-0.25, -0.2) is 0 Å². The van der Waals surface area contributed by atoms with Gasteiger partial charge in [-0.3, -0.25) is 4.90 Å². The zero-order chi connectivity index (χ0) is 13.1. The van der Waals surface area contributed by atoms with Gasteiger partial charge in [-0.15, -0.1) is 0 Å². The molecule has 0 aromatic heterocycles. The van der Waals surface area contributed by atoms with Crippen molar-refractivity contribution in [3.8, 4) is 0 Å². The Morgan fingerprint density at radius 2 is 1.56 bits per heavy atom. The van der Waals surface area contributed by atoms with Crippen molar-refractivity contribution in [2.45, 2.75) is 0 Å². The lowest BCUT2D eigenvalue weighted by atomic mass is 10.4. The van der Waals surface area contributed by atoms with E-state index in [1.54, 1.807) is 0 Å². The van der Waals surface area contributed by atoms with E-state index in [2.05, 4.69) is 19.0 Å². The standard InChI is InChI=1S/C11H25N2O4Si/c1-13(2,6-7-14)11-18-15-8-3-12(4-9-16-18)5-10-17-18/h14H,3-11H2,1-2H3/q+1. The Hall–Kier alpha value is -0.0231. The van der Waals surface area contributed by atoms with Crippen molar-refractivity contribution in [1.29, 1.82) is 0 Å². The molecule has 0 unspecified atom stereocenters. The average Bonchev–Trinajstić information content (AvgIpc) is 2.19. The molecule has 3 heterocycles. The van der Waals surface area contributed by atoms with Crippen molar-refractivity contribution in [2.24, 2.45) is 0 Å². The number of likely N-dealkylation sites (N-methyl/N-ethyl adjacent to an activating group) is 1. The van der Waals surface area contributed by atoms with Crippen LogP contribution in [0.2, 0.25) is 0 Å². The molecule has 3 aliphatic heterocycles. The summed E-state index contributed by atoms with van der Waals surface area (Å²) in [6.07, 6.45) is 0.730. The number of rotatable bonds is 4. The smallest absolute Gasteiger partial charge is 0.391 e. The van der Waals surface area contributed by atoms with Crippen molar-refractivity contribution in [1.82, 2.24) is 4.90 Å². The summed E-state index contributed by atoms with van der Waals surface area (Å²) in [5.41, 5.74) is 0. The van der Waals surface area contributed by atoms with E-state index in [9.17, 15) is 0 Å². The minimum absolute atomic E-state index is 0.172. The van der Waals surface area contributed by atoms with E-state index < -0.39 is 8.80 Å². The number of hydrogen-bond acceptors (Lipinski definition) is 5. The lowest BCUT2D eigenvalue weighted by Gasteiger charge is -2.41. The lowest BCUT2D eigenvalue weighted by Crippen LogP contribution is -2.64. The van der Waals surface area contributed by atoms with Gasteiger partial charge in [0.15, 0.2) is 0 Å². The second-order valence-electron chi connectivity index (χ2n) is 5.61. The molecule has 18 heavy (non-hydrogen) atoms. The van der Waals surface area contributed by atoms with Gasteiger partial charge in [0.2, 0.25) is 0 Å². The van der Waals surface area contributed by atoms with Crippen molar-refractivity contribution in [3.63, 3.8) is 0 Å². The molecule has 6 nitrogen and oxygen atoms in total. The Morgan fingerprint density at radius 3 is 2.00 bits per heavy atom. The molecule has 0 aliphatic carbocycles.